The molecule has 1 saturated heterocycles. The average molecular weight is 527 g/mol. The highest BCUT2D eigenvalue weighted by Crippen LogP contribution is 2.35. The summed E-state index contributed by atoms with van der Waals surface area (Å²) in [4.78, 5) is 37.7. The molecule has 3 amide bonds. The van der Waals surface area contributed by atoms with E-state index >= 15 is 0 Å². The molecule has 1 aromatic heterocycles. The highest BCUT2D eigenvalue weighted by atomic mass is 35.5. The minimum absolute atomic E-state index is 0.0186. The van der Waals surface area contributed by atoms with Gasteiger partial charge in [0.1, 0.15) is 18.1 Å². The van der Waals surface area contributed by atoms with Crippen LogP contribution in [0.15, 0.2) is 51.8 Å². The first-order chi connectivity index (χ1) is 16.1. The maximum atomic E-state index is 13.7. The summed E-state index contributed by atoms with van der Waals surface area (Å²) in [6.45, 7) is -0.762. The number of carbonyl (C=O) groups is 3. The number of benzene rings is 2. The molecule has 0 radical (unpaired) electrons. The topological polar surface area (TPSA) is 79.6 Å². The first-order valence-corrected chi connectivity index (χ1v) is 10.9. The Hall–Kier alpha value is -3.21. The van der Waals surface area contributed by atoms with Gasteiger partial charge in [-0.15, -0.1) is 0 Å². The van der Waals surface area contributed by atoms with Crippen LogP contribution >= 0.6 is 35.0 Å². The lowest BCUT2D eigenvalue weighted by Gasteiger charge is -2.13. The van der Waals surface area contributed by atoms with Crippen molar-refractivity contribution in [3.8, 4) is 11.3 Å². The Morgan fingerprint density at radius 2 is 1.82 bits per heavy atom. The Labute approximate surface area is 204 Å². The Morgan fingerprint density at radius 3 is 2.59 bits per heavy atom. The second-order valence-corrected chi connectivity index (χ2v) is 8.70. The molecular weight excluding hydrogens is 516 g/mol. The van der Waals surface area contributed by atoms with Crippen molar-refractivity contribution in [3.63, 3.8) is 0 Å². The van der Waals surface area contributed by atoms with Gasteiger partial charge in [0.15, 0.2) is 17.5 Å². The van der Waals surface area contributed by atoms with Gasteiger partial charge in [-0.25, -0.2) is 13.2 Å². The maximum Gasteiger partial charge on any atom is 0.294 e. The van der Waals surface area contributed by atoms with Crippen molar-refractivity contribution in [2.75, 3.05) is 11.9 Å². The molecule has 0 spiro atoms. The van der Waals surface area contributed by atoms with Crippen molar-refractivity contribution >= 4 is 63.8 Å². The van der Waals surface area contributed by atoms with Crippen molar-refractivity contribution in [3.05, 3.63) is 80.6 Å². The number of thioether (sulfide) groups is 1. The average Bonchev–Trinajstić information content (AvgIpc) is 3.36. The van der Waals surface area contributed by atoms with Crippen molar-refractivity contribution in [2.45, 2.75) is 0 Å². The molecular formula is C22H11Cl2F3N2O4S. The van der Waals surface area contributed by atoms with Crippen LogP contribution in [0.5, 0.6) is 0 Å². The molecule has 6 nitrogen and oxygen atoms in total. The third-order valence-corrected chi connectivity index (χ3v) is 6.05. The number of furan rings is 1. The van der Waals surface area contributed by atoms with Gasteiger partial charge in [-0.3, -0.25) is 19.3 Å². The van der Waals surface area contributed by atoms with Crippen molar-refractivity contribution in [1.29, 1.82) is 0 Å². The smallest absolute Gasteiger partial charge is 0.294 e. The normalized spacial score (nSPS) is 14.9. The van der Waals surface area contributed by atoms with E-state index in [0.29, 0.717) is 44.1 Å². The molecule has 0 unspecified atom stereocenters. The third-order valence-electron chi connectivity index (χ3n) is 4.58. The third kappa shape index (κ3) is 4.84. The molecule has 1 aliphatic rings. The molecule has 1 fully saturated rings. The summed E-state index contributed by atoms with van der Waals surface area (Å²) in [6, 6.07) is 9.44. The monoisotopic (exact) mass is 526 g/mol. The van der Waals surface area contributed by atoms with E-state index in [4.69, 9.17) is 27.6 Å². The molecule has 1 aliphatic heterocycles. The number of anilines is 1. The van der Waals surface area contributed by atoms with Crippen LogP contribution in [0.25, 0.3) is 17.4 Å². The molecule has 4 rings (SSSR count). The number of hydrogen-bond acceptors (Lipinski definition) is 5. The zero-order valence-corrected chi connectivity index (χ0v) is 19.0. The molecule has 2 aromatic carbocycles. The Balaban J connectivity index is 1.48. The van der Waals surface area contributed by atoms with Crippen LogP contribution in [-0.2, 0) is 9.59 Å². The first-order valence-electron chi connectivity index (χ1n) is 9.38. The Kier molecular flexibility index (Phi) is 6.74. The number of carbonyl (C=O) groups excluding carboxylic acids is 3. The number of imide groups is 1. The quantitative estimate of drug-likeness (QED) is 0.309. The zero-order chi connectivity index (χ0) is 24.6. The van der Waals surface area contributed by atoms with Gasteiger partial charge in [0.05, 0.1) is 15.6 Å². The summed E-state index contributed by atoms with van der Waals surface area (Å²) >= 11 is 12.7. The van der Waals surface area contributed by atoms with Crippen LogP contribution in [0.4, 0.5) is 23.7 Å². The van der Waals surface area contributed by atoms with Gasteiger partial charge in [-0.05, 0) is 54.2 Å². The Bertz CT molecular complexity index is 1380. The van der Waals surface area contributed by atoms with Crippen LogP contribution in [-0.4, -0.2) is 28.5 Å². The number of hydrogen-bond donors (Lipinski definition) is 1. The molecule has 0 saturated carbocycles. The van der Waals surface area contributed by atoms with Crippen molar-refractivity contribution in [1.82, 2.24) is 4.90 Å². The number of nitrogens with zero attached hydrogens (tertiary/aromatic N) is 1. The van der Waals surface area contributed by atoms with E-state index in [-0.39, 0.29) is 10.7 Å². The zero-order valence-electron chi connectivity index (χ0n) is 16.7. The molecule has 174 valence electrons. The molecule has 0 bridgehead atoms. The molecule has 34 heavy (non-hydrogen) atoms. The second kappa shape index (κ2) is 9.57. The Morgan fingerprint density at radius 1 is 1.06 bits per heavy atom. The van der Waals surface area contributed by atoms with Gasteiger partial charge in [-0.1, -0.05) is 23.2 Å². The number of rotatable bonds is 5. The van der Waals surface area contributed by atoms with E-state index in [0.717, 1.165) is 6.07 Å². The summed E-state index contributed by atoms with van der Waals surface area (Å²) in [5.74, 6) is -5.93. The minimum atomic E-state index is -1.76. The van der Waals surface area contributed by atoms with Crippen LogP contribution in [0.3, 0.4) is 0 Å². The predicted octanol–water partition coefficient (Wildman–Crippen LogP) is 6.35. The van der Waals surface area contributed by atoms with Gasteiger partial charge in [0, 0.05) is 16.7 Å². The van der Waals surface area contributed by atoms with Gasteiger partial charge < -0.3 is 9.73 Å². The second-order valence-electron chi connectivity index (χ2n) is 6.87. The largest absolute Gasteiger partial charge is 0.457 e. The van der Waals surface area contributed by atoms with Crippen molar-refractivity contribution in [2.24, 2.45) is 0 Å². The summed E-state index contributed by atoms with van der Waals surface area (Å²) in [6.07, 6.45) is 1.32. The highest BCUT2D eigenvalue weighted by molar-refractivity contribution is 8.18. The summed E-state index contributed by atoms with van der Waals surface area (Å²) in [5, 5.41) is 2.10. The number of amides is 3. The van der Waals surface area contributed by atoms with Gasteiger partial charge in [0.2, 0.25) is 5.91 Å². The molecule has 1 N–H and O–H groups in total. The standard InChI is InChI=1S/C22H11Cl2F3N2O4S/c23-10-1-3-13(24)12(7-10)16-6-2-11(33-16)8-17-21(31)29(22(32)34-17)9-18(30)28-15-5-4-14(25)19(26)20(15)27/h1-8H,9H2,(H,28,30)/b17-8+. The fourth-order valence-corrected chi connectivity index (χ4v) is 4.18. The minimum Gasteiger partial charge on any atom is -0.457 e. The fraction of sp³-hybridized carbons (Fsp3) is 0.0455. The van der Waals surface area contributed by atoms with Crippen LogP contribution in [0.1, 0.15) is 5.76 Å². The fourth-order valence-electron chi connectivity index (χ4n) is 2.98. The van der Waals surface area contributed by atoms with E-state index in [9.17, 15) is 27.6 Å². The molecule has 2 heterocycles. The summed E-state index contributed by atoms with van der Waals surface area (Å²) < 4.78 is 45.8. The molecule has 3 aromatic rings. The van der Waals surface area contributed by atoms with Crippen LogP contribution < -0.4 is 5.32 Å². The SMILES string of the molecule is O=C(CN1C(=O)S/C(=C/c2ccc(-c3cc(Cl)ccc3Cl)o2)C1=O)Nc1ccc(F)c(F)c1F. The lowest BCUT2D eigenvalue weighted by Crippen LogP contribution is -2.36. The van der Waals surface area contributed by atoms with Crippen LogP contribution in [0.2, 0.25) is 10.0 Å². The lowest BCUT2D eigenvalue weighted by atomic mass is 10.2. The summed E-state index contributed by atoms with van der Waals surface area (Å²) in [7, 11) is 0. The van der Waals surface area contributed by atoms with Crippen molar-refractivity contribution < 1.29 is 32.0 Å². The van der Waals surface area contributed by atoms with E-state index in [1.165, 1.54) is 6.08 Å². The molecule has 12 heteroatoms. The van der Waals surface area contributed by atoms with E-state index in [1.54, 1.807) is 30.3 Å². The number of nitrogens with one attached hydrogen (secondary N) is 1. The van der Waals surface area contributed by atoms with Gasteiger partial charge in [0.25, 0.3) is 11.1 Å². The lowest BCUT2D eigenvalue weighted by molar-refractivity contribution is -0.127. The van der Waals surface area contributed by atoms with Gasteiger partial charge >= 0.3 is 0 Å². The molecule has 0 atom stereocenters. The first kappa shape index (κ1) is 23.9. The maximum absolute atomic E-state index is 13.7. The number of halogens is 5. The van der Waals surface area contributed by atoms with Gasteiger partial charge in [-0.2, -0.15) is 0 Å². The molecule has 0 aliphatic carbocycles. The van der Waals surface area contributed by atoms with Crippen LogP contribution in [0, 0.1) is 17.5 Å². The predicted molar refractivity (Wildman–Crippen MR) is 122 cm³/mol. The van der Waals surface area contributed by atoms with E-state index in [1.807, 2.05) is 5.32 Å². The van der Waals surface area contributed by atoms with E-state index < -0.39 is 46.7 Å². The summed E-state index contributed by atoms with van der Waals surface area (Å²) in [5.41, 5.74) is -0.0998. The van der Waals surface area contributed by atoms with E-state index in [2.05, 4.69) is 0 Å². The highest BCUT2D eigenvalue weighted by Gasteiger charge is 2.36.